The summed E-state index contributed by atoms with van der Waals surface area (Å²) in [6, 6.07) is 8.91. The Morgan fingerprint density at radius 3 is 2.52 bits per heavy atom. The van der Waals surface area contributed by atoms with Gasteiger partial charge in [0.05, 0.1) is 17.7 Å². The van der Waals surface area contributed by atoms with E-state index in [0.29, 0.717) is 31.5 Å². The lowest BCUT2D eigenvalue weighted by atomic mass is 10.0. The van der Waals surface area contributed by atoms with Crippen LogP contribution in [0.1, 0.15) is 17.5 Å². The number of nitrogens with zero attached hydrogens (tertiary/aromatic N) is 3. The second-order valence-electron chi connectivity index (χ2n) is 5.58. The number of nitriles is 1. The number of hydrogen-bond donors (Lipinski definition) is 0. The van der Waals surface area contributed by atoms with Crippen LogP contribution in [0.2, 0.25) is 0 Å². The summed E-state index contributed by atoms with van der Waals surface area (Å²) >= 11 is 0. The molecule has 2 aliphatic rings. The molecule has 0 N–H and O–H groups in total. The number of rotatable bonds is 4. The Labute approximate surface area is 133 Å². The topological polar surface area (TPSA) is 90.7 Å². The average molecular weight is 313 g/mol. The number of cyclic esters (lactones) is 1. The highest BCUT2D eigenvalue weighted by Gasteiger charge is 2.44. The lowest BCUT2D eigenvalue weighted by molar-refractivity contribution is -0.142. The number of imide groups is 1. The van der Waals surface area contributed by atoms with Crippen LogP contribution in [-0.4, -0.2) is 53.4 Å². The summed E-state index contributed by atoms with van der Waals surface area (Å²) in [6.07, 6.45) is 0.331. The Morgan fingerprint density at radius 2 is 1.96 bits per heavy atom. The van der Waals surface area contributed by atoms with Gasteiger partial charge in [-0.25, -0.2) is 9.69 Å². The van der Waals surface area contributed by atoms with Crippen LogP contribution >= 0.6 is 0 Å². The first-order chi connectivity index (χ1) is 11.1. The zero-order chi connectivity index (χ0) is 16.4. The van der Waals surface area contributed by atoms with Crippen molar-refractivity contribution in [2.24, 2.45) is 0 Å². The molecule has 2 heterocycles. The van der Waals surface area contributed by atoms with E-state index in [-0.39, 0.29) is 24.5 Å². The molecular formula is C16H15N3O4. The van der Waals surface area contributed by atoms with Gasteiger partial charge in [0.15, 0.2) is 6.61 Å². The van der Waals surface area contributed by atoms with Gasteiger partial charge in [0.1, 0.15) is 0 Å². The predicted molar refractivity (Wildman–Crippen MR) is 78.0 cm³/mol. The van der Waals surface area contributed by atoms with Crippen LogP contribution in [-0.2, 0) is 20.7 Å². The fraction of sp³-hybridized carbons (Fsp3) is 0.375. The molecule has 2 saturated heterocycles. The molecule has 0 bridgehead atoms. The van der Waals surface area contributed by atoms with Crippen molar-refractivity contribution in [2.75, 3.05) is 19.7 Å². The first-order valence-electron chi connectivity index (χ1n) is 7.34. The van der Waals surface area contributed by atoms with E-state index in [4.69, 9.17) is 5.26 Å². The van der Waals surface area contributed by atoms with Crippen LogP contribution in [0.15, 0.2) is 24.3 Å². The molecule has 7 heteroatoms. The van der Waals surface area contributed by atoms with Gasteiger partial charge < -0.3 is 9.64 Å². The molecule has 2 aliphatic heterocycles. The minimum atomic E-state index is -0.621. The third kappa shape index (κ3) is 3.01. The predicted octanol–water partition coefficient (Wildman–Crippen LogP) is 0.680. The fourth-order valence-corrected chi connectivity index (χ4v) is 2.69. The number of carbonyl (C=O) groups is 3. The SMILES string of the molecule is N#Cc1ccc(CCC(=O)N2CC(N3C(=O)COC3=O)C2)cc1. The zero-order valence-corrected chi connectivity index (χ0v) is 12.4. The Morgan fingerprint density at radius 1 is 1.26 bits per heavy atom. The Kier molecular flexibility index (Phi) is 3.98. The van der Waals surface area contributed by atoms with Gasteiger partial charge in [-0.05, 0) is 24.1 Å². The molecule has 0 saturated carbocycles. The van der Waals surface area contributed by atoms with Crippen molar-refractivity contribution in [3.8, 4) is 6.07 Å². The van der Waals surface area contributed by atoms with Crippen molar-refractivity contribution < 1.29 is 19.1 Å². The molecule has 1 aromatic carbocycles. The molecule has 0 aromatic heterocycles. The number of aryl methyl sites for hydroxylation is 1. The van der Waals surface area contributed by atoms with Gasteiger partial charge in [-0.3, -0.25) is 9.59 Å². The minimum Gasteiger partial charge on any atom is -0.439 e. The highest BCUT2D eigenvalue weighted by molar-refractivity contribution is 5.98. The summed E-state index contributed by atoms with van der Waals surface area (Å²) in [7, 11) is 0. The molecule has 3 amide bonds. The molecule has 0 atom stereocenters. The number of benzene rings is 1. The van der Waals surface area contributed by atoms with Crippen molar-refractivity contribution in [1.82, 2.24) is 9.80 Å². The first-order valence-corrected chi connectivity index (χ1v) is 7.34. The Balaban J connectivity index is 1.46. The molecule has 3 rings (SSSR count). The van der Waals surface area contributed by atoms with Gasteiger partial charge >= 0.3 is 6.09 Å². The summed E-state index contributed by atoms with van der Waals surface area (Å²) in [4.78, 5) is 37.8. The maximum Gasteiger partial charge on any atom is 0.417 e. The molecule has 0 radical (unpaired) electrons. The molecule has 2 fully saturated rings. The Hall–Kier alpha value is -2.88. The van der Waals surface area contributed by atoms with Crippen LogP contribution in [0.3, 0.4) is 0 Å². The van der Waals surface area contributed by atoms with Crippen LogP contribution in [0.25, 0.3) is 0 Å². The van der Waals surface area contributed by atoms with Gasteiger partial charge in [0, 0.05) is 19.5 Å². The standard InChI is InChI=1S/C16H15N3O4/c17-7-12-3-1-11(2-4-12)5-6-14(20)18-8-13(9-18)19-15(21)10-23-16(19)22/h1-4,13H,5-6,8-10H2. The molecule has 0 unspecified atom stereocenters. The maximum atomic E-state index is 12.1. The second kappa shape index (κ2) is 6.08. The third-order valence-electron chi connectivity index (χ3n) is 4.08. The largest absolute Gasteiger partial charge is 0.439 e. The van der Waals surface area contributed by atoms with Gasteiger partial charge in [-0.1, -0.05) is 12.1 Å². The number of hydrogen-bond acceptors (Lipinski definition) is 5. The molecule has 118 valence electrons. The average Bonchev–Trinajstić information content (AvgIpc) is 2.84. The highest BCUT2D eigenvalue weighted by Crippen LogP contribution is 2.20. The lowest BCUT2D eigenvalue weighted by Gasteiger charge is -2.42. The van der Waals surface area contributed by atoms with E-state index in [1.54, 1.807) is 17.0 Å². The second-order valence-corrected chi connectivity index (χ2v) is 5.58. The highest BCUT2D eigenvalue weighted by atomic mass is 16.6. The molecule has 7 nitrogen and oxygen atoms in total. The Bertz CT molecular complexity index is 670. The van der Waals surface area contributed by atoms with Crippen molar-refractivity contribution in [3.05, 3.63) is 35.4 Å². The van der Waals surface area contributed by atoms with Gasteiger partial charge in [-0.15, -0.1) is 0 Å². The van der Waals surface area contributed by atoms with Crippen molar-refractivity contribution in [1.29, 1.82) is 5.26 Å². The summed E-state index contributed by atoms with van der Waals surface area (Å²) in [5.41, 5.74) is 1.58. The zero-order valence-electron chi connectivity index (χ0n) is 12.4. The lowest BCUT2D eigenvalue weighted by Crippen LogP contribution is -2.62. The normalized spacial score (nSPS) is 17.7. The van der Waals surface area contributed by atoms with E-state index in [1.807, 2.05) is 18.2 Å². The minimum absolute atomic E-state index is 0.00868. The molecule has 23 heavy (non-hydrogen) atoms. The third-order valence-corrected chi connectivity index (χ3v) is 4.08. The monoisotopic (exact) mass is 313 g/mol. The van der Waals surface area contributed by atoms with E-state index in [2.05, 4.69) is 4.74 Å². The van der Waals surface area contributed by atoms with Crippen molar-refractivity contribution in [3.63, 3.8) is 0 Å². The summed E-state index contributed by atoms with van der Waals surface area (Å²) < 4.78 is 4.67. The van der Waals surface area contributed by atoms with Gasteiger partial charge in [0.25, 0.3) is 5.91 Å². The fourth-order valence-electron chi connectivity index (χ4n) is 2.69. The first kappa shape index (κ1) is 15.0. The van der Waals surface area contributed by atoms with E-state index in [1.165, 1.54) is 0 Å². The smallest absolute Gasteiger partial charge is 0.417 e. The van der Waals surface area contributed by atoms with Crippen molar-refractivity contribution in [2.45, 2.75) is 18.9 Å². The van der Waals surface area contributed by atoms with E-state index in [9.17, 15) is 14.4 Å². The summed E-state index contributed by atoms with van der Waals surface area (Å²) in [5.74, 6) is -0.352. The summed E-state index contributed by atoms with van der Waals surface area (Å²) in [5, 5.41) is 8.74. The quantitative estimate of drug-likeness (QED) is 0.815. The van der Waals surface area contributed by atoms with Crippen molar-refractivity contribution >= 4 is 17.9 Å². The van der Waals surface area contributed by atoms with Crippen LogP contribution in [0.4, 0.5) is 4.79 Å². The van der Waals surface area contributed by atoms with Crippen LogP contribution < -0.4 is 0 Å². The number of carbonyl (C=O) groups excluding carboxylic acids is 3. The molecular weight excluding hydrogens is 298 g/mol. The van der Waals surface area contributed by atoms with Crippen LogP contribution in [0, 0.1) is 11.3 Å². The molecule has 1 aromatic rings. The van der Waals surface area contributed by atoms with Gasteiger partial charge in [0.2, 0.25) is 5.91 Å². The van der Waals surface area contributed by atoms with Crippen LogP contribution in [0.5, 0.6) is 0 Å². The van der Waals surface area contributed by atoms with E-state index >= 15 is 0 Å². The number of amides is 3. The molecule has 0 spiro atoms. The van der Waals surface area contributed by atoms with Gasteiger partial charge in [-0.2, -0.15) is 5.26 Å². The number of ether oxygens (including phenoxy) is 1. The molecule has 0 aliphatic carbocycles. The summed E-state index contributed by atoms with van der Waals surface area (Å²) in [6.45, 7) is 0.530. The maximum absolute atomic E-state index is 12.1. The number of likely N-dealkylation sites (tertiary alicyclic amines) is 1. The van der Waals surface area contributed by atoms with E-state index in [0.717, 1.165) is 10.5 Å². The van der Waals surface area contributed by atoms with E-state index < -0.39 is 6.09 Å².